The van der Waals surface area contributed by atoms with Gasteiger partial charge in [0.15, 0.2) is 0 Å². The van der Waals surface area contributed by atoms with Gasteiger partial charge in [0, 0.05) is 19.3 Å². The molecule has 0 aromatic heterocycles. The zero-order chi connectivity index (χ0) is 17.7. The number of esters is 3. The minimum Gasteiger partial charge on any atom is -0.466 e. The zero-order valence-electron chi connectivity index (χ0n) is 14.8. The number of ether oxygens (including phenoxy) is 3. The van der Waals surface area contributed by atoms with Gasteiger partial charge in [0.2, 0.25) is 0 Å². The van der Waals surface area contributed by atoms with E-state index >= 15 is 0 Å². The Labute approximate surface area is 138 Å². The maximum absolute atomic E-state index is 11.5. The van der Waals surface area contributed by atoms with Gasteiger partial charge in [-0.25, -0.2) is 0 Å². The summed E-state index contributed by atoms with van der Waals surface area (Å²) >= 11 is 0. The van der Waals surface area contributed by atoms with E-state index in [4.69, 9.17) is 14.2 Å². The van der Waals surface area contributed by atoms with E-state index in [0.717, 1.165) is 0 Å². The smallest absolute Gasteiger partial charge is 0.305 e. The highest BCUT2D eigenvalue weighted by Crippen LogP contribution is 2.14. The lowest BCUT2D eigenvalue weighted by Crippen LogP contribution is -2.22. The summed E-state index contributed by atoms with van der Waals surface area (Å²) in [7, 11) is 0. The molecule has 0 amide bonds. The van der Waals surface area contributed by atoms with Crippen LogP contribution >= 0.6 is 0 Å². The Balaban J connectivity index is 4.20. The predicted octanol–water partition coefficient (Wildman–Crippen LogP) is 3.16. The maximum atomic E-state index is 11.5. The van der Waals surface area contributed by atoms with Crippen LogP contribution in [0.1, 0.15) is 72.6 Å². The number of rotatable bonds is 12. The molecule has 0 aliphatic heterocycles. The molecule has 0 bridgehead atoms. The number of carbonyl (C=O) groups excluding carboxylic acids is 3. The fraction of sp³-hybridized carbons (Fsp3) is 0.824. The van der Waals surface area contributed by atoms with Gasteiger partial charge in [-0.15, -0.1) is 0 Å². The van der Waals surface area contributed by atoms with Crippen LogP contribution in [0.4, 0.5) is 0 Å². The normalized spacial score (nSPS) is 13.0. The SMILES string of the molecule is CCC(=O)OCCC[C@@H](CC[C@H](C)OC(=O)CC)OC(=O)CC. The molecule has 0 unspecified atom stereocenters. The molecule has 0 aromatic carbocycles. The molecule has 0 aromatic rings. The Morgan fingerprint density at radius 2 is 1.35 bits per heavy atom. The van der Waals surface area contributed by atoms with Gasteiger partial charge in [0.05, 0.1) is 12.7 Å². The number of carbonyl (C=O) groups is 3. The first-order valence-corrected chi connectivity index (χ1v) is 8.47. The molecular formula is C17H30O6. The fourth-order valence-electron chi connectivity index (χ4n) is 1.92. The van der Waals surface area contributed by atoms with Crippen molar-refractivity contribution in [3.63, 3.8) is 0 Å². The van der Waals surface area contributed by atoms with Gasteiger partial charge in [-0.2, -0.15) is 0 Å². The molecule has 0 saturated heterocycles. The third kappa shape index (κ3) is 11.6. The molecule has 0 fully saturated rings. The first-order valence-electron chi connectivity index (χ1n) is 8.47. The van der Waals surface area contributed by atoms with Crippen LogP contribution in [0.25, 0.3) is 0 Å². The summed E-state index contributed by atoms with van der Waals surface area (Å²) in [6, 6.07) is 0. The van der Waals surface area contributed by atoms with Crippen molar-refractivity contribution < 1.29 is 28.6 Å². The average Bonchev–Trinajstić information content (AvgIpc) is 2.55. The first-order chi connectivity index (χ1) is 10.9. The summed E-state index contributed by atoms with van der Waals surface area (Å²) in [5.74, 6) is -0.711. The molecule has 23 heavy (non-hydrogen) atoms. The van der Waals surface area contributed by atoms with Crippen molar-refractivity contribution in [3.05, 3.63) is 0 Å². The van der Waals surface area contributed by atoms with Crippen LogP contribution in [-0.4, -0.2) is 36.7 Å². The topological polar surface area (TPSA) is 78.9 Å². The van der Waals surface area contributed by atoms with Crippen molar-refractivity contribution >= 4 is 17.9 Å². The molecule has 6 nitrogen and oxygen atoms in total. The molecule has 0 rings (SSSR count). The van der Waals surface area contributed by atoms with E-state index in [1.165, 1.54) is 0 Å². The van der Waals surface area contributed by atoms with E-state index < -0.39 is 0 Å². The molecular weight excluding hydrogens is 300 g/mol. The average molecular weight is 330 g/mol. The van der Waals surface area contributed by atoms with Crippen molar-refractivity contribution in [3.8, 4) is 0 Å². The summed E-state index contributed by atoms with van der Waals surface area (Å²) < 4.78 is 15.6. The molecule has 0 radical (unpaired) electrons. The molecule has 134 valence electrons. The molecule has 0 aliphatic rings. The zero-order valence-corrected chi connectivity index (χ0v) is 14.8. The molecule has 6 heteroatoms. The summed E-state index contributed by atoms with van der Waals surface area (Å²) in [4.78, 5) is 33.8. The molecule has 0 spiro atoms. The Kier molecular flexibility index (Phi) is 12.0. The third-order valence-corrected chi connectivity index (χ3v) is 3.33. The molecule has 0 aliphatic carbocycles. The van der Waals surface area contributed by atoms with Crippen molar-refractivity contribution in [1.29, 1.82) is 0 Å². The molecule has 0 N–H and O–H groups in total. The largest absolute Gasteiger partial charge is 0.466 e. The first kappa shape index (κ1) is 21.4. The summed E-state index contributed by atoms with van der Waals surface area (Å²) in [5, 5.41) is 0. The van der Waals surface area contributed by atoms with Crippen molar-refractivity contribution in [2.75, 3.05) is 6.61 Å². The third-order valence-electron chi connectivity index (χ3n) is 3.33. The van der Waals surface area contributed by atoms with E-state index in [2.05, 4.69) is 0 Å². The monoisotopic (exact) mass is 330 g/mol. The lowest BCUT2D eigenvalue weighted by molar-refractivity contribution is -0.153. The van der Waals surface area contributed by atoms with Gasteiger partial charge in [-0.1, -0.05) is 20.8 Å². The summed E-state index contributed by atoms with van der Waals surface area (Å²) in [5.41, 5.74) is 0. The quantitative estimate of drug-likeness (QED) is 0.311. The van der Waals surface area contributed by atoms with Crippen LogP contribution in [0.15, 0.2) is 0 Å². The number of hydrogen-bond donors (Lipinski definition) is 0. The predicted molar refractivity (Wildman–Crippen MR) is 85.7 cm³/mol. The van der Waals surface area contributed by atoms with Gasteiger partial charge < -0.3 is 14.2 Å². The minimum absolute atomic E-state index is 0.205. The van der Waals surface area contributed by atoms with Gasteiger partial charge in [0.25, 0.3) is 0 Å². The lowest BCUT2D eigenvalue weighted by atomic mass is 10.1. The van der Waals surface area contributed by atoms with Crippen molar-refractivity contribution in [1.82, 2.24) is 0 Å². The highest BCUT2D eigenvalue weighted by atomic mass is 16.6. The lowest BCUT2D eigenvalue weighted by Gasteiger charge is -2.20. The van der Waals surface area contributed by atoms with E-state index in [-0.39, 0.29) is 30.1 Å². The standard InChI is InChI=1S/C17H30O6/c1-5-15(18)21-12-8-9-14(23-17(20)7-3)11-10-13(4)22-16(19)6-2/h13-14H,5-12H2,1-4H3/t13-,14-/m0/s1. The van der Waals surface area contributed by atoms with Crippen molar-refractivity contribution in [2.45, 2.75) is 84.8 Å². The minimum atomic E-state index is -0.251. The molecule has 0 saturated carbocycles. The van der Waals surface area contributed by atoms with Crippen LogP contribution < -0.4 is 0 Å². The van der Waals surface area contributed by atoms with Crippen LogP contribution in [0.5, 0.6) is 0 Å². The molecule has 2 atom stereocenters. The van der Waals surface area contributed by atoms with E-state index in [0.29, 0.717) is 51.6 Å². The summed E-state index contributed by atoms with van der Waals surface area (Å²) in [6.45, 7) is 7.39. The molecule has 0 heterocycles. The van der Waals surface area contributed by atoms with Gasteiger partial charge >= 0.3 is 17.9 Å². The Hall–Kier alpha value is -1.59. The fourth-order valence-corrected chi connectivity index (χ4v) is 1.92. The highest BCUT2D eigenvalue weighted by Gasteiger charge is 2.16. The Morgan fingerprint density at radius 3 is 1.91 bits per heavy atom. The van der Waals surface area contributed by atoms with Crippen LogP contribution in [0.3, 0.4) is 0 Å². The second-order valence-electron chi connectivity index (χ2n) is 5.41. The van der Waals surface area contributed by atoms with Crippen molar-refractivity contribution in [2.24, 2.45) is 0 Å². The van der Waals surface area contributed by atoms with Crippen LogP contribution in [-0.2, 0) is 28.6 Å². The van der Waals surface area contributed by atoms with Crippen LogP contribution in [0, 0.1) is 0 Å². The Morgan fingerprint density at radius 1 is 0.783 bits per heavy atom. The second kappa shape index (κ2) is 12.9. The number of hydrogen-bond acceptors (Lipinski definition) is 6. The highest BCUT2D eigenvalue weighted by molar-refractivity contribution is 5.69. The summed E-state index contributed by atoms with van der Waals surface area (Å²) in [6.07, 6.45) is 3.08. The Bertz CT molecular complexity index is 366. The van der Waals surface area contributed by atoms with Gasteiger partial charge in [-0.05, 0) is 32.6 Å². The van der Waals surface area contributed by atoms with Gasteiger partial charge in [0.1, 0.15) is 6.10 Å². The van der Waals surface area contributed by atoms with Gasteiger partial charge in [-0.3, -0.25) is 14.4 Å². The second-order valence-corrected chi connectivity index (χ2v) is 5.41. The van der Waals surface area contributed by atoms with E-state index in [9.17, 15) is 14.4 Å². The van der Waals surface area contributed by atoms with E-state index in [1.807, 2.05) is 6.92 Å². The van der Waals surface area contributed by atoms with Crippen LogP contribution in [0.2, 0.25) is 0 Å². The van der Waals surface area contributed by atoms with E-state index in [1.54, 1.807) is 20.8 Å². The maximum Gasteiger partial charge on any atom is 0.305 e.